The highest BCUT2D eigenvalue weighted by molar-refractivity contribution is 8.26. The summed E-state index contributed by atoms with van der Waals surface area (Å²) in [5.41, 5.74) is 7.91. The zero-order valence-corrected chi connectivity index (χ0v) is 20.4. The Balaban J connectivity index is 1.48. The lowest BCUT2D eigenvalue weighted by atomic mass is 10.1. The Kier molecular flexibility index (Phi) is 5.57. The lowest BCUT2D eigenvalue weighted by Gasteiger charge is -2.20. The molecule has 0 aliphatic carbocycles. The molecule has 6 nitrogen and oxygen atoms in total. The molecule has 0 spiro atoms. The van der Waals surface area contributed by atoms with Gasteiger partial charge in [-0.2, -0.15) is 15.1 Å². The Hall–Kier alpha value is -3.71. The number of aromatic nitrogens is 1. The number of aryl methyl sites for hydroxylation is 2. The fourth-order valence-corrected chi connectivity index (χ4v) is 5.23. The van der Waals surface area contributed by atoms with E-state index in [0.717, 1.165) is 33.2 Å². The van der Waals surface area contributed by atoms with Crippen LogP contribution in [0.4, 0.5) is 0 Å². The van der Waals surface area contributed by atoms with E-state index < -0.39 is 5.91 Å². The van der Waals surface area contributed by atoms with E-state index in [-0.39, 0.29) is 11.4 Å². The van der Waals surface area contributed by atoms with Crippen LogP contribution in [0.2, 0.25) is 0 Å². The summed E-state index contributed by atoms with van der Waals surface area (Å²) in [6, 6.07) is 18.3. The van der Waals surface area contributed by atoms with Gasteiger partial charge in [-0.3, -0.25) is 10.2 Å². The van der Waals surface area contributed by atoms with Gasteiger partial charge in [0.15, 0.2) is 5.84 Å². The van der Waals surface area contributed by atoms with Crippen LogP contribution in [0.3, 0.4) is 0 Å². The van der Waals surface area contributed by atoms with Crippen molar-refractivity contribution in [1.29, 1.82) is 5.41 Å². The molecule has 1 N–H and O–H groups in total. The van der Waals surface area contributed by atoms with Crippen LogP contribution in [0, 0.1) is 33.1 Å². The third-order valence-electron chi connectivity index (χ3n) is 6.28. The second kappa shape index (κ2) is 8.57. The fraction of sp³-hybridized carbons (Fsp3) is 0.185. The summed E-state index contributed by atoms with van der Waals surface area (Å²) in [6.45, 7) is 8.31. The molecule has 0 bridgehead atoms. The van der Waals surface area contributed by atoms with Gasteiger partial charge in [-0.25, -0.2) is 0 Å². The highest BCUT2D eigenvalue weighted by Crippen LogP contribution is 2.31. The van der Waals surface area contributed by atoms with Crippen LogP contribution in [-0.4, -0.2) is 31.5 Å². The predicted octanol–water partition coefficient (Wildman–Crippen LogP) is 5.57. The first-order chi connectivity index (χ1) is 16.3. The quantitative estimate of drug-likeness (QED) is 0.510. The average molecular weight is 468 g/mol. The van der Waals surface area contributed by atoms with Gasteiger partial charge in [0, 0.05) is 23.5 Å². The van der Waals surface area contributed by atoms with E-state index in [1.807, 2.05) is 43.3 Å². The fourth-order valence-electron chi connectivity index (χ4n) is 4.31. The number of rotatable bonds is 4. The number of thioether (sulfide) groups is 1. The van der Waals surface area contributed by atoms with Crippen molar-refractivity contribution >= 4 is 39.8 Å². The van der Waals surface area contributed by atoms with E-state index in [9.17, 15) is 4.79 Å². The largest absolute Gasteiger partial charge is 0.318 e. The van der Waals surface area contributed by atoms with Crippen LogP contribution in [0.5, 0.6) is 0 Å². The number of nitrogens with zero attached hydrogens (tertiary/aromatic N) is 4. The minimum atomic E-state index is -0.406. The van der Waals surface area contributed by atoms with E-state index in [1.165, 1.54) is 27.9 Å². The summed E-state index contributed by atoms with van der Waals surface area (Å²) in [5.74, 6) is -0.349. The van der Waals surface area contributed by atoms with Crippen molar-refractivity contribution < 1.29 is 4.79 Å². The number of hydrogen-bond acceptors (Lipinski definition) is 4. The molecule has 0 atom stereocenters. The number of hydrogen-bond donors (Lipinski definition) is 1. The number of fused-ring (bicyclic) bond motifs is 1. The second-order valence-corrected chi connectivity index (χ2v) is 9.60. The lowest BCUT2D eigenvalue weighted by Crippen LogP contribution is -2.35. The highest BCUT2D eigenvalue weighted by atomic mass is 32.2. The smallest absolute Gasteiger partial charge is 0.283 e. The van der Waals surface area contributed by atoms with E-state index in [4.69, 9.17) is 5.41 Å². The summed E-state index contributed by atoms with van der Waals surface area (Å²) in [6.07, 6.45) is 2.41. The molecule has 5 rings (SSSR count). The number of amides is 1. The van der Waals surface area contributed by atoms with Crippen LogP contribution >= 0.6 is 11.8 Å². The third-order valence-corrected chi connectivity index (χ3v) is 7.19. The number of amidine groups is 2. The Morgan fingerprint density at radius 2 is 1.79 bits per heavy atom. The van der Waals surface area contributed by atoms with Crippen molar-refractivity contribution in [2.24, 2.45) is 10.1 Å². The van der Waals surface area contributed by atoms with E-state index in [1.54, 1.807) is 6.08 Å². The first kappa shape index (κ1) is 22.1. The van der Waals surface area contributed by atoms with Crippen molar-refractivity contribution in [3.05, 3.63) is 93.8 Å². The molecule has 1 aromatic heterocycles. The van der Waals surface area contributed by atoms with Gasteiger partial charge >= 0.3 is 0 Å². The van der Waals surface area contributed by atoms with Crippen LogP contribution in [-0.2, 0) is 11.2 Å². The van der Waals surface area contributed by atoms with Crippen molar-refractivity contribution in [3.63, 3.8) is 0 Å². The lowest BCUT2D eigenvalue weighted by molar-refractivity contribution is -0.114. The molecule has 7 heteroatoms. The Bertz CT molecular complexity index is 1430. The van der Waals surface area contributed by atoms with E-state index in [2.05, 4.69) is 53.6 Å². The predicted molar refractivity (Wildman–Crippen MR) is 140 cm³/mol. The Morgan fingerprint density at radius 3 is 2.56 bits per heavy atom. The molecule has 2 aliphatic rings. The van der Waals surface area contributed by atoms with Gasteiger partial charge in [0.2, 0.25) is 5.17 Å². The van der Waals surface area contributed by atoms with Gasteiger partial charge < -0.3 is 4.57 Å². The zero-order valence-electron chi connectivity index (χ0n) is 19.6. The van der Waals surface area contributed by atoms with Crippen LogP contribution < -0.4 is 0 Å². The molecule has 3 aromatic rings. The molecule has 3 heterocycles. The van der Waals surface area contributed by atoms with Crippen LogP contribution in [0.1, 0.15) is 33.6 Å². The molecule has 2 aliphatic heterocycles. The second-order valence-electron chi connectivity index (χ2n) is 8.56. The molecule has 0 saturated heterocycles. The molecular weight excluding hydrogens is 442 g/mol. The zero-order chi connectivity index (χ0) is 24.0. The number of carbonyl (C=O) groups excluding carboxylic acids is 1. The molecule has 0 unspecified atom stereocenters. The number of aliphatic imine (C=N–C) groups is 1. The number of benzene rings is 2. The minimum absolute atomic E-state index is 0.0575. The third kappa shape index (κ3) is 3.82. The van der Waals surface area contributed by atoms with Gasteiger partial charge in [-0.15, -0.1) is 0 Å². The number of hydrazone groups is 1. The SMILES string of the molecule is Cc1cccc(-n2c(C)cc(/C=C3/C(=N)N4N=C(Cc5ccccc5)SC4=NC3=O)c2C)c1C. The van der Waals surface area contributed by atoms with Crippen molar-refractivity contribution in [2.45, 2.75) is 34.1 Å². The molecule has 1 amide bonds. The maximum absolute atomic E-state index is 12.9. The average Bonchev–Trinajstić information content (AvgIpc) is 3.33. The van der Waals surface area contributed by atoms with Gasteiger partial charge in [-0.05, 0) is 79.9 Å². The molecular formula is C27H25N5OS. The van der Waals surface area contributed by atoms with Gasteiger partial charge in [0.05, 0.1) is 5.57 Å². The summed E-state index contributed by atoms with van der Waals surface area (Å²) in [7, 11) is 0. The first-order valence-corrected chi connectivity index (χ1v) is 11.9. The molecule has 0 saturated carbocycles. The summed E-state index contributed by atoms with van der Waals surface area (Å²) < 4.78 is 2.20. The van der Waals surface area contributed by atoms with Crippen LogP contribution in [0.15, 0.2) is 70.3 Å². The van der Waals surface area contributed by atoms with Gasteiger partial charge in [-0.1, -0.05) is 42.5 Å². The topological polar surface area (TPSA) is 73.8 Å². The van der Waals surface area contributed by atoms with Gasteiger partial charge in [0.1, 0.15) is 5.04 Å². The summed E-state index contributed by atoms with van der Waals surface area (Å²) in [5, 5.41) is 16.0. The first-order valence-electron chi connectivity index (χ1n) is 11.1. The number of carbonyl (C=O) groups is 1. The van der Waals surface area contributed by atoms with Crippen molar-refractivity contribution in [1.82, 2.24) is 9.58 Å². The maximum Gasteiger partial charge on any atom is 0.283 e. The maximum atomic E-state index is 12.9. The van der Waals surface area contributed by atoms with Crippen LogP contribution in [0.25, 0.3) is 11.8 Å². The van der Waals surface area contributed by atoms with Crippen molar-refractivity contribution in [2.75, 3.05) is 0 Å². The highest BCUT2D eigenvalue weighted by Gasteiger charge is 2.35. The standard InChI is InChI=1S/C27H25N5OS/c1-16-9-8-12-23(18(16)3)31-17(2)13-21(19(31)4)15-22-25(28)32-27(29-26(22)33)34-24(30-32)14-20-10-6-5-7-11-20/h5-13,15,28H,14H2,1-4H3/b22-15-,28-25?. The molecule has 2 aromatic carbocycles. The van der Waals surface area contributed by atoms with E-state index >= 15 is 0 Å². The monoisotopic (exact) mass is 467 g/mol. The van der Waals surface area contributed by atoms with Gasteiger partial charge in [0.25, 0.3) is 5.91 Å². The Morgan fingerprint density at radius 1 is 1.03 bits per heavy atom. The summed E-state index contributed by atoms with van der Waals surface area (Å²) >= 11 is 1.35. The van der Waals surface area contributed by atoms with Crippen molar-refractivity contribution in [3.8, 4) is 5.69 Å². The molecule has 170 valence electrons. The molecule has 0 fully saturated rings. The minimum Gasteiger partial charge on any atom is -0.318 e. The Labute approximate surface area is 203 Å². The summed E-state index contributed by atoms with van der Waals surface area (Å²) in [4.78, 5) is 17.1. The number of nitrogens with one attached hydrogen (secondary N) is 1. The molecule has 0 radical (unpaired) electrons. The normalized spacial score (nSPS) is 16.7. The molecule has 34 heavy (non-hydrogen) atoms. The van der Waals surface area contributed by atoms with E-state index in [0.29, 0.717) is 11.6 Å².